The third kappa shape index (κ3) is 4.22. The van der Waals surface area contributed by atoms with E-state index >= 15 is 0 Å². The first-order valence-electron chi connectivity index (χ1n) is 7.59. The van der Waals surface area contributed by atoms with Gasteiger partial charge in [-0.15, -0.1) is 0 Å². The van der Waals surface area contributed by atoms with Gasteiger partial charge in [-0.05, 0) is 44.1 Å². The van der Waals surface area contributed by atoms with Crippen LogP contribution in [0.2, 0.25) is 5.02 Å². The predicted molar refractivity (Wildman–Crippen MR) is 86.2 cm³/mol. The Kier molecular flexibility index (Phi) is 5.86. The molecular formula is C16H24ClN3. The van der Waals surface area contributed by atoms with Crippen molar-refractivity contribution in [3.8, 4) is 0 Å². The van der Waals surface area contributed by atoms with Crippen LogP contribution in [0.1, 0.15) is 45.4 Å². The van der Waals surface area contributed by atoms with Crippen molar-refractivity contribution in [2.45, 2.75) is 46.1 Å². The van der Waals surface area contributed by atoms with E-state index in [2.05, 4.69) is 28.7 Å². The van der Waals surface area contributed by atoms with Crippen LogP contribution in [-0.2, 0) is 6.54 Å². The Balaban J connectivity index is 2.06. The molecule has 0 spiro atoms. The highest BCUT2D eigenvalue weighted by molar-refractivity contribution is 6.31. The Hall–Kier alpha value is -1.06. The molecule has 1 heterocycles. The first kappa shape index (κ1) is 15.3. The maximum absolute atomic E-state index is 6.01. The third-order valence-electron chi connectivity index (χ3n) is 3.52. The summed E-state index contributed by atoms with van der Waals surface area (Å²) in [5.74, 6) is 1.04. The van der Waals surface area contributed by atoms with Gasteiger partial charge in [-0.3, -0.25) is 4.90 Å². The van der Waals surface area contributed by atoms with E-state index in [4.69, 9.17) is 11.6 Å². The molecule has 1 aromatic carbocycles. The van der Waals surface area contributed by atoms with Gasteiger partial charge in [0.2, 0.25) is 0 Å². The fourth-order valence-corrected chi connectivity index (χ4v) is 2.53. The van der Waals surface area contributed by atoms with E-state index in [-0.39, 0.29) is 0 Å². The van der Waals surface area contributed by atoms with Crippen LogP contribution in [-0.4, -0.2) is 28.0 Å². The molecule has 2 aromatic rings. The number of benzene rings is 1. The van der Waals surface area contributed by atoms with E-state index in [0.29, 0.717) is 0 Å². The van der Waals surface area contributed by atoms with Crippen molar-refractivity contribution in [2.24, 2.45) is 0 Å². The second-order valence-electron chi connectivity index (χ2n) is 5.33. The molecule has 0 bridgehead atoms. The van der Waals surface area contributed by atoms with Crippen molar-refractivity contribution in [3.63, 3.8) is 0 Å². The second-order valence-corrected chi connectivity index (χ2v) is 5.76. The Morgan fingerprint density at radius 1 is 1.15 bits per heavy atom. The summed E-state index contributed by atoms with van der Waals surface area (Å²) in [6.07, 6.45) is 4.96. The van der Waals surface area contributed by atoms with Gasteiger partial charge in [0.05, 0.1) is 17.6 Å². The van der Waals surface area contributed by atoms with Gasteiger partial charge in [0, 0.05) is 5.02 Å². The van der Waals surface area contributed by atoms with Crippen LogP contribution >= 0.6 is 11.6 Å². The van der Waals surface area contributed by atoms with Gasteiger partial charge in [0.25, 0.3) is 0 Å². The average Bonchev–Trinajstić information content (AvgIpc) is 2.83. The number of hydrogen-bond acceptors (Lipinski definition) is 2. The van der Waals surface area contributed by atoms with Crippen LogP contribution in [0.15, 0.2) is 18.2 Å². The van der Waals surface area contributed by atoms with Gasteiger partial charge >= 0.3 is 0 Å². The SMILES string of the molecule is CCCCN(CCCC)Cc1nc2ccc(Cl)cc2[nH]1. The molecule has 1 N–H and O–H groups in total. The first-order valence-corrected chi connectivity index (χ1v) is 7.97. The molecule has 2 rings (SSSR count). The van der Waals surface area contributed by atoms with E-state index in [9.17, 15) is 0 Å². The number of nitrogens with zero attached hydrogens (tertiary/aromatic N) is 2. The maximum atomic E-state index is 6.01. The van der Waals surface area contributed by atoms with Crippen molar-refractivity contribution >= 4 is 22.6 Å². The molecule has 0 aliphatic rings. The molecular weight excluding hydrogens is 270 g/mol. The third-order valence-corrected chi connectivity index (χ3v) is 3.76. The second kappa shape index (κ2) is 7.65. The van der Waals surface area contributed by atoms with Crippen molar-refractivity contribution in [2.75, 3.05) is 13.1 Å². The maximum Gasteiger partial charge on any atom is 0.121 e. The lowest BCUT2D eigenvalue weighted by atomic mass is 10.2. The number of H-pyrrole nitrogens is 1. The van der Waals surface area contributed by atoms with Gasteiger partial charge < -0.3 is 4.98 Å². The lowest BCUT2D eigenvalue weighted by Crippen LogP contribution is -2.26. The summed E-state index contributed by atoms with van der Waals surface area (Å²) < 4.78 is 0. The topological polar surface area (TPSA) is 31.9 Å². The number of nitrogens with one attached hydrogen (secondary N) is 1. The van der Waals surface area contributed by atoms with Crippen LogP contribution < -0.4 is 0 Å². The van der Waals surface area contributed by atoms with Crippen molar-refractivity contribution in [1.29, 1.82) is 0 Å². The molecule has 4 heteroatoms. The number of unbranched alkanes of at least 4 members (excludes halogenated alkanes) is 2. The fraction of sp³-hybridized carbons (Fsp3) is 0.562. The molecule has 110 valence electrons. The predicted octanol–water partition coefficient (Wildman–Crippen LogP) is 4.62. The van der Waals surface area contributed by atoms with Gasteiger partial charge in [0.1, 0.15) is 5.82 Å². The number of aromatic amines is 1. The van der Waals surface area contributed by atoms with E-state index in [1.54, 1.807) is 0 Å². The minimum absolute atomic E-state index is 0.751. The molecule has 0 aliphatic heterocycles. The standard InChI is InChI=1S/C16H24ClN3/c1-3-5-9-20(10-6-4-2)12-16-18-14-8-7-13(17)11-15(14)19-16/h7-8,11H,3-6,9-10,12H2,1-2H3,(H,18,19). The van der Waals surface area contributed by atoms with Crippen LogP contribution in [0.25, 0.3) is 11.0 Å². The van der Waals surface area contributed by atoms with Crippen LogP contribution in [0, 0.1) is 0 Å². The van der Waals surface area contributed by atoms with Gasteiger partial charge in [-0.1, -0.05) is 38.3 Å². The zero-order valence-electron chi connectivity index (χ0n) is 12.5. The Morgan fingerprint density at radius 3 is 2.50 bits per heavy atom. The number of aromatic nitrogens is 2. The average molecular weight is 294 g/mol. The van der Waals surface area contributed by atoms with Crippen molar-refractivity contribution in [1.82, 2.24) is 14.9 Å². The van der Waals surface area contributed by atoms with Gasteiger partial charge in [0.15, 0.2) is 0 Å². The van der Waals surface area contributed by atoms with E-state index < -0.39 is 0 Å². The number of rotatable bonds is 8. The molecule has 0 radical (unpaired) electrons. The number of hydrogen-bond donors (Lipinski definition) is 1. The molecule has 0 amide bonds. The highest BCUT2D eigenvalue weighted by Gasteiger charge is 2.09. The van der Waals surface area contributed by atoms with Gasteiger partial charge in [-0.25, -0.2) is 4.98 Å². The van der Waals surface area contributed by atoms with Crippen LogP contribution in [0.3, 0.4) is 0 Å². The summed E-state index contributed by atoms with van der Waals surface area (Å²) in [5.41, 5.74) is 2.02. The minimum Gasteiger partial charge on any atom is -0.341 e. The summed E-state index contributed by atoms with van der Waals surface area (Å²) in [5, 5.41) is 0.751. The Bertz CT molecular complexity index is 528. The summed E-state index contributed by atoms with van der Waals surface area (Å²) >= 11 is 6.01. The summed E-state index contributed by atoms with van der Waals surface area (Å²) in [6, 6.07) is 5.80. The molecule has 0 saturated heterocycles. The normalized spacial score (nSPS) is 11.6. The summed E-state index contributed by atoms with van der Waals surface area (Å²) in [7, 11) is 0. The van der Waals surface area contributed by atoms with E-state index in [1.165, 1.54) is 25.7 Å². The molecule has 1 aromatic heterocycles. The van der Waals surface area contributed by atoms with Crippen molar-refractivity contribution in [3.05, 3.63) is 29.0 Å². The van der Waals surface area contributed by atoms with Gasteiger partial charge in [-0.2, -0.15) is 0 Å². The Labute approximate surface area is 126 Å². The largest absolute Gasteiger partial charge is 0.341 e. The zero-order valence-corrected chi connectivity index (χ0v) is 13.2. The Morgan fingerprint density at radius 2 is 1.85 bits per heavy atom. The molecule has 20 heavy (non-hydrogen) atoms. The smallest absolute Gasteiger partial charge is 0.121 e. The lowest BCUT2D eigenvalue weighted by molar-refractivity contribution is 0.252. The first-order chi connectivity index (χ1) is 9.72. The highest BCUT2D eigenvalue weighted by Crippen LogP contribution is 2.18. The summed E-state index contributed by atoms with van der Waals surface area (Å²) in [4.78, 5) is 10.5. The molecule has 0 fully saturated rings. The van der Waals surface area contributed by atoms with E-state index in [1.807, 2.05) is 18.2 Å². The number of halogens is 1. The summed E-state index contributed by atoms with van der Waals surface area (Å²) in [6.45, 7) is 7.66. The molecule has 0 atom stereocenters. The molecule has 0 unspecified atom stereocenters. The van der Waals surface area contributed by atoms with Crippen LogP contribution in [0.5, 0.6) is 0 Å². The van der Waals surface area contributed by atoms with Crippen molar-refractivity contribution < 1.29 is 0 Å². The molecule has 0 saturated carbocycles. The fourth-order valence-electron chi connectivity index (χ4n) is 2.35. The quantitative estimate of drug-likeness (QED) is 0.770. The zero-order chi connectivity index (χ0) is 14.4. The molecule has 0 aliphatic carbocycles. The monoisotopic (exact) mass is 293 g/mol. The number of imidazole rings is 1. The van der Waals surface area contributed by atoms with E-state index in [0.717, 1.165) is 41.5 Å². The highest BCUT2D eigenvalue weighted by atomic mass is 35.5. The van der Waals surface area contributed by atoms with Crippen LogP contribution in [0.4, 0.5) is 0 Å². The number of fused-ring (bicyclic) bond motifs is 1. The minimum atomic E-state index is 0.751. The lowest BCUT2D eigenvalue weighted by Gasteiger charge is -2.20. The molecule has 3 nitrogen and oxygen atoms in total.